The van der Waals surface area contributed by atoms with Crippen molar-refractivity contribution in [1.29, 1.82) is 0 Å². The summed E-state index contributed by atoms with van der Waals surface area (Å²) in [6.45, 7) is 8.38. The SMILES string of the molecule is CCCCCCC(=O)NC(C)(C)COc1cccc2nc(C)cc(N)c12. The topological polar surface area (TPSA) is 77.2 Å². The molecule has 3 N–H and O–H groups in total. The van der Waals surface area contributed by atoms with E-state index < -0.39 is 5.54 Å². The van der Waals surface area contributed by atoms with Crippen molar-refractivity contribution in [2.24, 2.45) is 0 Å². The monoisotopic (exact) mass is 357 g/mol. The van der Waals surface area contributed by atoms with E-state index in [0.717, 1.165) is 29.4 Å². The van der Waals surface area contributed by atoms with E-state index in [1.54, 1.807) is 0 Å². The van der Waals surface area contributed by atoms with Crippen LogP contribution in [0.1, 0.15) is 58.6 Å². The van der Waals surface area contributed by atoms with Crippen LogP contribution in [0.2, 0.25) is 0 Å². The zero-order valence-corrected chi connectivity index (χ0v) is 16.4. The van der Waals surface area contributed by atoms with E-state index >= 15 is 0 Å². The summed E-state index contributed by atoms with van der Waals surface area (Å²) in [5.74, 6) is 0.766. The second-order valence-electron chi connectivity index (χ2n) is 7.53. The van der Waals surface area contributed by atoms with E-state index in [1.165, 1.54) is 12.8 Å². The molecule has 26 heavy (non-hydrogen) atoms. The van der Waals surface area contributed by atoms with Crippen LogP contribution in [-0.2, 0) is 4.79 Å². The third kappa shape index (κ3) is 5.61. The van der Waals surface area contributed by atoms with Crippen LogP contribution >= 0.6 is 0 Å². The zero-order valence-electron chi connectivity index (χ0n) is 16.4. The number of nitrogen functional groups attached to an aromatic ring is 1. The van der Waals surface area contributed by atoms with Gasteiger partial charge in [-0.3, -0.25) is 9.78 Å². The van der Waals surface area contributed by atoms with Gasteiger partial charge in [0.1, 0.15) is 12.4 Å². The average molecular weight is 357 g/mol. The standard InChI is InChI=1S/C21H31N3O2/c1-5-6-7-8-12-19(25)24-21(3,4)14-26-18-11-9-10-17-20(18)16(22)13-15(2)23-17/h9-11,13H,5-8,12,14H2,1-4H3,(H2,22,23)(H,24,25). The number of aryl methyl sites for hydroxylation is 1. The molecule has 1 aromatic carbocycles. The lowest BCUT2D eigenvalue weighted by atomic mass is 10.1. The van der Waals surface area contributed by atoms with E-state index in [1.807, 2.05) is 45.0 Å². The number of unbranched alkanes of at least 4 members (excludes halogenated alkanes) is 3. The number of fused-ring (bicyclic) bond motifs is 1. The Morgan fingerprint density at radius 3 is 2.77 bits per heavy atom. The van der Waals surface area contributed by atoms with Gasteiger partial charge in [0.05, 0.1) is 16.4 Å². The maximum absolute atomic E-state index is 12.1. The van der Waals surface area contributed by atoms with E-state index in [-0.39, 0.29) is 5.91 Å². The van der Waals surface area contributed by atoms with Crippen molar-refractivity contribution < 1.29 is 9.53 Å². The van der Waals surface area contributed by atoms with Crippen molar-refractivity contribution in [1.82, 2.24) is 10.3 Å². The van der Waals surface area contributed by atoms with E-state index in [2.05, 4.69) is 17.2 Å². The summed E-state index contributed by atoms with van der Waals surface area (Å²) in [5.41, 5.74) is 8.05. The Balaban J connectivity index is 1.99. The lowest BCUT2D eigenvalue weighted by molar-refractivity contribution is -0.123. The highest BCUT2D eigenvalue weighted by Gasteiger charge is 2.22. The molecule has 1 aromatic heterocycles. The first-order valence-electron chi connectivity index (χ1n) is 9.42. The van der Waals surface area contributed by atoms with E-state index in [9.17, 15) is 4.79 Å². The summed E-state index contributed by atoms with van der Waals surface area (Å²) in [6.07, 6.45) is 4.94. The molecule has 0 aliphatic rings. The second-order valence-corrected chi connectivity index (χ2v) is 7.53. The molecule has 0 aliphatic carbocycles. The highest BCUT2D eigenvalue weighted by Crippen LogP contribution is 2.30. The molecule has 0 unspecified atom stereocenters. The first-order chi connectivity index (χ1) is 12.3. The molecule has 142 valence electrons. The molecular weight excluding hydrogens is 326 g/mol. The zero-order chi connectivity index (χ0) is 19.2. The van der Waals surface area contributed by atoms with Crippen LogP contribution in [0, 0.1) is 6.92 Å². The molecule has 2 aromatic rings. The molecular formula is C21H31N3O2. The molecule has 2 rings (SSSR count). The van der Waals surface area contributed by atoms with Gasteiger partial charge in [-0.25, -0.2) is 0 Å². The van der Waals surface area contributed by atoms with Crippen molar-refractivity contribution >= 4 is 22.5 Å². The highest BCUT2D eigenvalue weighted by atomic mass is 16.5. The van der Waals surface area contributed by atoms with E-state index in [0.29, 0.717) is 24.5 Å². The number of rotatable bonds is 9. The van der Waals surface area contributed by atoms with Crippen molar-refractivity contribution in [3.8, 4) is 5.75 Å². The summed E-state index contributed by atoms with van der Waals surface area (Å²) in [5, 5.41) is 3.88. The quantitative estimate of drug-likeness (QED) is 0.653. The fourth-order valence-corrected chi connectivity index (χ4v) is 2.99. The van der Waals surface area contributed by atoms with Crippen molar-refractivity contribution in [3.63, 3.8) is 0 Å². The maximum atomic E-state index is 12.1. The van der Waals surface area contributed by atoms with E-state index in [4.69, 9.17) is 10.5 Å². The van der Waals surface area contributed by atoms with Crippen LogP contribution in [0.4, 0.5) is 5.69 Å². The summed E-state index contributed by atoms with van der Waals surface area (Å²) in [6, 6.07) is 7.56. The minimum absolute atomic E-state index is 0.0735. The van der Waals surface area contributed by atoms with Crippen LogP contribution in [0.15, 0.2) is 24.3 Å². The first kappa shape index (κ1) is 20.0. The molecule has 0 bridgehead atoms. The summed E-state index contributed by atoms with van der Waals surface area (Å²) in [4.78, 5) is 16.6. The Bertz CT molecular complexity index is 756. The number of anilines is 1. The molecule has 0 aliphatic heterocycles. The highest BCUT2D eigenvalue weighted by molar-refractivity contribution is 5.95. The molecule has 5 heteroatoms. The van der Waals surface area contributed by atoms with Crippen LogP contribution in [0.25, 0.3) is 10.9 Å². The van der Waals surface area contributed by atoms with Crippen molar-refractivity contribution in [2.75, 3.05) is 12.3 Å². The number of amides is 1. The number of hydrogen-bond acceptors (Lipinski definition) is 4. The number of nitrogens with two attached hydrogens (primary N) is 1. The third-order valence-corrected chi connectivity index (χ3v) is 4.28. The predicted molar refractivity (Wildman–Crippen MR) is 107 cm³/mol. The molecule has 0 fully saturated rings. The lowest BCUT2D eigenvalue weighted by Crippen LogP contribution is -2.47. The van der Waals surface area contributed by atoms with Gasteiger partial charge in [0, 0.05) is 17.8 Å². The van der Waals surface area contributed by atoms with Gasteiger partial charge in [-0.2, -0.15) is 0 Å². The summed E-state index contributed by atoms with van der Waals surface area (Å²) < 4.78 is 6.01. The third-order valence-electron chi connectivity index (χ3n) is 4.28. The van der Waals surface area contributed by atoms with Gasteiger partial charge in [-0.05, 0) is 45.4 Å². The number of carbonyl (C=O) groups is 1. The van der Waals surface area contributed by atoms with Gasteiger partial charge in [0.2, 0.25) is 5.91 Å². The minimum atomic E-state index is -0.461. The number of nitrogens with one attached hydrogen (secondary N) is 1. The molecule has 1 heterocycles. The van der Waals surface area contributed by atoms with Gasteiger partial charge >= 0.3 is 0 Å². The average Bonchev–Trinajstić information content (AvgIpc) is 2.56. The molecule has 5 nitrogen and oxygen atoms in total. The number of aromatic nitrogens is 1. The summed E-state index contributed by atoms with van der Waals surface area (Å²) >= 11 is 0. The minimum Gasteiger partial charge on any atom is -0.490 e. The van der Waals surface area contributed by atoms with Gasteiger partial charge in [-0.1, -0.05) is 32.3 Å². The Morgan fingerprint density at radius 1 is 1.27 bits per heavy atom. The number of benzene rings is 1. The first-order valence-corrected chi connectivity index (χ1v) is 9.42. The fourth-order valence-electron chi connectivity index (χ4n) is 2.99. The Labute approximate surface area is 156 Å². The molecule has 0 radical (unpaired) electrons. The fraction of sp³-hybridized carbons (Fsp3) is 0.524. The van der Waals surface area contributed by atoms with Crippen molar-refractivity contribution in [2.45, 2.75) is 65.3 Å². The maximum Gasteiger partial charge on any atom is 0.220 e. The van der Waals surface area contributed by atoms with Gasteiger partial charge in [-0.15, -0.1) is 0 Å². The Morgan fingerprint density at radius 2 is 2.04 bits per heavy atom. The molecule has 0 spiro atoms. The molecule has 0 saturated heterocycles. The molecule has 1 amide bonds. The number of carbonyl (C=O) groups excluding carboxylic acids is 1. The van der Waals surface area contributed by atoms with Crippen LogP contribution in [0.5, 0.6) is 5.75 Å². The van der Waals surface area contributed by atoms with Crippen LogP contribution in [-0.4, -0.2) is 23.0 Å². The normalized spacial score (nSPS) is 11.5. The number of nitrogens with zero attached hydrogens (tertiary/aromatic N) is 1. The lowest BCUT2D eigenvalue weighted by Gasteiger charge is -2.27. The number of ether oxygens (including phenoxy) is 1. The smallest absolute Gasteiger partial charge is 0.220 e. The van der Waals surface area contributed by atoms with Gasteiger partial charge in [0.15, 0.2) is 0 Å². The van der Waals surface area contributed by atoms with Gasteiger partial charge < -0.3 is 15.8 Å². The Kier molecular flexibility index (Phi) is 6.83. The van der Waals surface area contributed by atoms with Crippen LogP contribution in [0.3, 0.4) is 0 Å². The number of pyridine rings is 1. The largest absolute Gasteiger partial charge is 0.490 e. The Hall–Kier alpha value is -2.30. The van der Waals surface area contributed by atoms with Crippen molar-refractivity contribution in [3.05, 3.63) is 30.0 Å². The predicted octanol–water partition coefficient (Wildman–Crippen LogP) is 4.37. The summed E-state index contributed by atoms with van der Waals surface area (Å²) in [7, 11) is 0. The van der Waals surface area contributed by atoms with Crippen LogP contribution < -0.4 is 15.8 Å². The molecule has 0 atom stereocenters. The van der Waals surface area contributed by atoms with Gasteiger partial charge in [0.25, 0.3) is 0 Å². The molecule has 0 saturated carbocycles. The second kappa shape index (κ2) is 8.88. The number of hydrogen-bond donors (Lipinski definition) is 2.